The van der Waals surface area contributed by atoms with Gasteiger partial charge in [-0.2, -0.15) is 0 Å². The van der Waals surface area contributed by atoms with Crippen LogP contribution in [0.5, 0.6) is 0 Å². The molecule has 0 bridgehead atoms. The van der Waals surface area contributed by atoms with Crippen LogP contribution in [-0.2, 0) is 16.0 Å². The number of hydrogen-bond donors (Lipinski definition) is 1. The van der Waals surface area contributed by atoms with Crippen LogP contribution in [0.1, 0.15) is 43.4 Å². The molecule has 0 saturated carbocycles. The molecule has 0 aliphatic carbocycles. The fourth-order valence-electron chi connectivity index (χ4n) is 3.54. The fourth-order valence-corrected chi connectivity index (χ4v) is 3.67. The summed E-state index contributed by atoms with van der Waals surface area (Å²) in [5, 5.41) is 3.69. The highest BCUT2D eigenvalue weighted by atomic mass is 35.5. The van der Waals surface area contributed by atoms with Crippen molar-refractivity contribution in [2.45, 2.75) is 44.7 Å². The average Bonchev–Trinajstić information content (AvgIpc) is 3.23. The molecule has 1 aliphatic rings. The predicted molar refractivity (Wildman–Crippen MR) is 114 cm³/mol. The number of nitrogens with one attached hydrogen (secondary N) is 1. The van der Waals surface area contributed by atoms with E-state index in [0.717, 1.165) is 30.4 Å². The van der Waals surface area contributed by atoms with E-state index in [1.54, 1.807) is 4.90 Å². The van der Waals surface area contributed by atoms with E-state index in [4.69, 9.17) is 16.3 Å². The molecule has 2 amide bonds. The Hall–Kier alpha value is -2.53. The van der Waals surface area contributed by atoms with E-state index < -0.39 is 6.04 Å². The summed E-state index contributed by atoms with van der Waals surface area (Å²) in [6.07, 6.45) is 2.99. The molecule has 0 radical (unpaired) electrons. The number of nitrogens with zero attached hydrogens (tertiary/aromatic N) is 1. The van der Waals surface area contributed by atoms with Crippen LogP contribution >= 0.6 is 11.6 Å². The number of benzene rings is 2. The van der Waals surface area contributed by atoms with Gasteiger partial charge in [-0.15, -0.1) is 0 Å². The first-order valence-corrected chi connectivity index (χ1v) is 10.5. The minimum Gasteiger partial charge on any atom is -0.464 e. The van der Waals surface area contributed by atoms with Crippen molar-refractivity contribution in [2.75, 3.05) is 13.2 Å². The summed E-state index contributed by atoms with van der Waals surface area (Å²) < 4.78 is 5.45. The molecule has 0 unspecified atom stereocenters. The first-order chi connectivity index (χ1) is 14.0. The summed E-state index contributed by atoms with van der Waals surface area (Å²) in [5.41, 5.74) is 2.18. The van der Waals surface area contributed by atoms with E-state index in [1.165, 1.54) is 0 Å². The summed E-state index contributed by atoms with van der Waals surface area (Å²) in [6.45, 7) is 2.85. The number of amides is 2. The van der Waals surface area contributed by atoms with E-state index in [1.807, 2.05) is 61.5 Å². The molecule has 1 saturated heterocycles. The van der Waals surface area contributed by atoms with Crippen LogP contribution in [-0.4, -0.2) is 36.1 Å². The maximum atomic E-state index is 12.7. The third-order valence-corrected chi connectivity index (χ3v) is 5.44. The summed E-state index contributed by atoms with van der Waals surface area (Å²) in [5.74, 6) is -0.318. The highest BCUT2D eigenvalue weighted by molar-refractivity contribution is 6.30. The fraction of sp³-hybridized carbons (Fsp3) is 0.391. The Kier molecular flexibility index (Phi) is 7.53. The molecule has 1 aliphatic heterocycles. The van der Waals surface area contributed by atoms with Crippen molar-refractivity contribution >= 4 is 23.6 Å². The SMILES string of the molecule is C[C@@H](NC(=O)N1CCC[C@H]1C(=O)OCCCc1ccc(Cl)cc1)c1ccccc1. The van der Waals surface area contributed by atoms with E-state index >= 15 is 0 Å². The highest BCUT2D eigenvalue weighted by Gasteiger charge is 2.35. The largest absolute Gasteiger partial charge is 0.464 e. The third kappa shape index (κ3) is 5.97. The van der Waals surface area contributed by atoms with Crippen molar-refractivity contribution < 1.29 is 14.3 Å². The zero-order valence-electron chi connectivity index (χ0n) is 16.6. The molecule has 29 heavy (non-hydrogen) atoms. The van der Waals surface area contributed by atoms with Crippen LogP contribution in [0, 0.1) is 0 Å². The Morgan fingerprint density at radius 2 is 1.90 bits per heavy atom. The van der Waals surface area contributed by atoms with E-state index in [9.17, 15) is 9.59 Å². The molecule has 2 aromatic rings. The number of carbonyl (C=O) groups is 2. The molecule has 1 N–H and O–H groups in total. The Morgan fingerprint density at radius 3 is 2.62 bits per heavy atom. The molecule has 0 spiro atoms. The topological polar surface area (TPSA) is 58.6 Å². The lowest BCUT2D eigenvalue weighted by Gasteiger charge is -2.25. The van der Waals surface area contributed by atoms with Crippen LogP contribution in [0.15, 0.2) is 54.6 Å². The first-order valence-electron chi connectivity index (χ1n) is 10.1. The van der Waals surface area contributed by atoms with Gasteiger partial charge in [-0.3, -0.25) is 0 Å². The highest BCUT2D eigenvalue weighted by Crippen LogP contribution is 2.20. The predicted octanol–water partition coefficient (Wildman–Crippen LogP) is 4.75. The number of rotatable bonds is 7. The second-order valence-corrected chi connectivity index (χ2v) is 7.77. The number of urea groups is 1. The standard InChI is InChI=1S/C23H27ClN2O3/c1-17(19-8-3-2-4-9-19)25-23(28)26-15-5-10-21(26)22(27)29-16-6-7-18-11-13-20(24)14-12-18/h2-4,8-9,11-14,17,21H,5-7,10,15-16H2,1H3,(H,25,28)/t17-,21+/m1/s1. The van der Waals surface area contributed by atoms with Gasteiger partial charge >= 0.3 is 12.0 Å². The van der Waals surface area contributed by atoms with Crippen molar-refractivity contribution in [3.63, 3.8) is 0 Å². The molecule has 1 heterocycles. The van der Waals surface area contributed by atoms with Gasteiger partial charge in [0, 0.05) is 11.6 Å². The van der Waals surface area contributed by atoms with Gasteiger partial charge in [0.1, 0.15) is 6.04 Å². The molecule has 2 aromatic carbocycles. The molecule has 3 rings (SSSR count). The normalized spacial score (nSPS) is 17.0. The van der Waals surface area contributed by atoms with Gasteiger partial charge in [-0.1, -0.05) is 54.1 Å². The minimum atomic E-state index is -0.506. The summed E-state index contributed by atoms with van der Waals surface area (Å²) >= 11 is 5.89. The molecule has 6 heteroatoms. The van der Waals surface area contributed by atoms with Crippen LogP contribution in [0.4, 0.5) is 4.79 Å². The second kappa shape index (κ2) is 10.3. The molecule has 154 valence electrons. The van der Waals surface area contributed by atoms with Crippen LogP contribution in [0.3, 0.4) is 0 Å². The number of carbonyl (C=O) groups excluding carboxylic acids is 2. The van der Waals surface area contributed by atoms with Crippen molar-refractivity contribution in [1.82, 2.24) is 10.2 Å². The lowest BCUT2D eigenvalue weighted by atomic mass is 10.1. The van der Waals surface area contributed by atoms with Gasteiger partial charge in [0.15, 0.2) is 0 Å². The Balaban J connectivity index is 1.45. The molecule has 5 nitrogen and oxygen atoms in total. The lowest BCUT2D eigenvalue weighted by Crippen LogP contribution is -2.47. The molecular formula is C23H27ClN2O3. The van der Waals surface area contributed by atoms with E-state index in [-0.39, 0.29) is 18.0 Å². The second-order valence-electron chi connectivity index (χ2n) is 7.33. The Bertz CT molecular complexity index is 811. The monoisotopic (exact) mass is 414 g/mol. The molecule has 0 aromatic heterocycles. The summed E-state index contributed by atoms with van der Waals surface area (Å²) in [6, 6.07) is 16.6. The number of ether oxygens (including phenoxy) is 1. The summed E-state index contributed by atoms with van der Waals surface area (Å²) in [7, 11) is 0. The van der Waals surface area contributed by atoms with Crippen molar-refractivity contribution in [2.24, 2.45) is 0 Å². The van der Waals surface area contributed by atoms with Crippen LogP contribution in [0.25, 0.3) is 0 Å². The van der Waals surface area contributed by atoms with Gasteiger partial charge in [-0.25, -0.2) is 9.59 Å². The van der Waals surface area contributed by atoms with Gasteiger partial charge < -0.3 is 15.0 Å². The van der Waals surface area contributed by atoms with Gasteiger partial charge in [0.2, 0.25) is 0 Å². The molecule has 1 fully saturated rings. The van der Waals surface area contributed by atoms with Crippen LogP contribution < -0.4 is 5.32 Å². The molecular weight excluding hydrogens is 388 g/mol. The average molecular weight is 415 g/mol. The maximum absolute atomic E-state index is 12.7. The van der Waals surface area contributed by atoms with E-state index in [0.29, 0.717) is 24.6 Å². The third-order valence-electron chi connectivity index (χ3n) is 5.19. The summed E-state index contributed by atoms with van der Waals surface area (Å²) in [4.78, 5) is 26.8. The van der Waals surface area contributed by atoms with Crippen molar-refractivity contribution in [3.8, 4) is 0 Å². The van der Waals surface area contributed by atoms with Gasteiger partial charge in [0.05, 0.1) is 12.6 Å². The zero-order valence-corrected chi connectivity index (χ0v) is 17.4. The van der Waals surface area contributed by atoms with Crippen molar-refractivity contribution in [1.29, 1.82) is 0 Å². The molecule has 2 atom stereocenters. The van der Waals surface area contributed by atoms with Gasteiger partial charge in [-0.05, 0) is 55.9 Å². The number of hydrogen-bond acceptors (Lipinski definition) is 3. The Labute approximate surface area is 177 Å². The maximum Gasteiger partial charge on any atom is 0.328 e. The number of likely N-dealkylation sites (tertiary alicyclic amines) is 1. The number of aryl methyl sites for hydroxylation is 1. The van der Waals surface area contributed by atoms with Crippen LogP contribution in [0.2, 0.25) is 5.02 Å². The number of esters is 1. The quantitative estimate of drug-likeness (QED) is 0.525. The van der Waals surface area contributed by atoms with E-state index in [2.05, 4.69) is 5.32 Å². The lowest BCUT2D eigenvalue weighted by molar-refractivity contribution is -0.148. The first kappa shape index (κ1) is 21.2. The van der Waals surface area contributed by atoms with Crippen molar-refractivity contribution in [3.05, 3.63) is 70.7 Å². The Morgan fingerprint density at radius 1 is 1.17 bits per heavy atom. The number of halogens is 1. The van der Waals surface area contributed by atoms with Gasteiger partial charge in [0.25, 0.3) is 0 Å². The zero-order chi connectivity index (χ0) is 20.6. The minimum absolute atomic E-state index is 0.125. The smallest absolute Gasteiger partial charge is 0.328 e.